The van der Waals surface area contributed by atoms with Gasteiger partial charge in [0.15, 0.2) is 0 Å². The van der Waals surface area contributed by atoms with Crippen LogP contribution >= 0.6 is 11.5 Å². The van der Waals surface area contributed by atoms with Crippen molar-refractivity contribution in [3.8, 4) is 0 Å². The Morgan fingerprint density at radius 2 is 2.50 bits per heavy atom. The van der Waals surface area contributed by atoms with Gasteiger partial charge in [-0.2, -0.15) is 9.36 Å². The number of rotatable bonds is 1. The molecule has 0 saturated carbocycles. The second-order valence-electron chi connectivity index (χ2n) is 1.21. The summed E-state index contributed by atoms with van der Waals surface area (Å²) in [4.78, 5) is 3.80. The van der Waals surface area contributed by atoms with Gasteiger partial charge in [-0.15, -0.1) is 0 Å². The van der Waals surface area contributed by atoms with Crippen LogP contribution in [-0.4, -0.2) is 16.4 Å². The van der Waals surface area contributed by atoms with E-state index in [4.69, 9.17) is 5.73 Å². The van der Waals surface area contributed by atoms with Gasteiger partial charge >= 0.3 is 0 Å². The fourth-order valence-electron chi connectivity index (χ4n) is 0.336. The van der Waals surface area contributed by atoms with Crippen LogP contribution < -0.4 is 11.1 Å². The Labute approximate surface area is 50.9 Å². The molecule has 1 aromatic heterocycles. The standard InChI is InChI=1S/C3H6N4S/c1-5-3-6-2(4)7-8-3/h1H3,(H3,4,5,6,7). The summed E-state index contributed by atoms with van der Waals surface area (Å²) in [5.41, 5.74) is 5.20. The molecule has 0 fully saturated rings. The Balaban J connectivity index is 2.84. The zero-order valence-electron chi connectivity index (χ0n) is 4.38. The van der Waals surface area contributed by atoms with Crippen molar-refractivity contribution in [1.82, 2.24) is 9.36 Å². The van der Waals surface area contributed by atoms with E-state index in [9.17, 15) is 0 Å². The number of nitrogens with two attached hydrogens (primary N) is 1. The Morgan fingerprint density at radius 1 is 1.75 bits per heavy atom. The van der Waals surface area contributed by atoms with Gasteiger partial charge in [-0.05, 0) is 0 Å². The summed E-state index contributed by atoms with van der Waals surface area (Å²) in [5, 5.41) is 3.56. The first kappa shape index (κ1) is 5.30. The predicted molar refractivity (Wildman–Crippen MR) is 33.9 cm³/mol. The Kier molecular flexibility index (Phi) is 1.29. The van der Waals surface area contributed by atoms with E-state index >= 15 is 0 Å². The summed E-state index contributed by atoms with van der Waals surface area (Å²) in [6.07, 6.45) is 0. The molecule has 0 unspecified atom stereocenters. The van der Waals surface area contributed by atoms with Crippen LogP contribution in [0.15, 0.2) is 0 Å². The highest BCUT2D eigenvalue weighted by Crippen LogP contribution is 2.09. The van der Waals surface area contributed by atoms with Gasteiger partial charge in [0.1, 0.15) is 0 Å². The highest BCUT2D eigenvalue weighted by atomic mass is 32.1. The molecule has 44 valence electrons. The van der Waals surface area contributed by atoms with E-state index in [-0.39, 0.29) is 0 Å². The SMILES string of the molecule is CNc1nc(N)ns1. The minimum Gasteiger partial charge on any atom is -0.367 e. The number of hydrogen-bond acceptors (Lipinski definition) is 5. The molecule has 0 saturated heterocycles. The van der Waals surface area contributed by atoms with E-state index in [1.165, 1.54) is 11.5 Å². The predicted octanol–water partition coefficient (Wildman–Crippen LogP) is 0.162. The highest BCUT2D eigenvalue weighted by molar-refractivity contribution is 7.09. The number of anilines is 2. The van der Waals surface area contributed by atoms with Crippen molar-refractivity contribution in [3.05, 3.63) is 0 Å². The molecular formula is C3H6N4S. The van der Waals surface area contributed by atoms with Crippen molar-refractivity contribution < 1.29 is 0 Å². The average Bonchev–Trinajstić information content (AvgIpc) is 2.14. The number of hydrogen-bond donors (Lipinski definition) is 2. The minimum atomic E-state index is 0.333. The van der Waals surface area contributed by atoms with Crippen LogP contribution in [0.25, 0.3) is 0 Å². The first-order chi connectivity index (χ1) is 3.83. The maximum atomic E-state index is 5.20. The third-order valence-corrected chi connectivity index (χ3v) is 1.40. The van der Waals surface area contributed by atoms with Gasteiger partial charge in [-0.25, -0.2) is 0 Å². The van der Waals surface area contributed by atoms with Gasteiger partial charge in [-0.1, -0.05) is 0 Å². The van der Waals surface area contributed by atoms with Gasteiger partial charge < -0.3 is 11.1 Å². The van der Waals surface area contributed by atoms with Crippen LogP contribution in [0.3, 0.4) is 0 Å². The maximum Gasteiger partial charge on any atom is 0.233 e. The van der Waals surface area contributed by atoms with Crippen LogP contribution in [0.4, 0.5) is 11.1 Å². The molecule has 1 rings (SSSR count). The molecule has 0 aliphatic heterocycles. The van der Waals surface area contributed by atoms with E-state index in [0.717, 1.165) is 5.13 Å². The fourth-order valence-corrected chi connectivity index (χ4v) is 0.783. The van der Waals surface area contributed by atoms with Crippen molar-refractivity contribution in [1.29, 1.82) is 0 Å². The van der Waals surface area contributed by atoms with Gasteiger partial charge in [-0.3, -0.25) is 0 Å². The molecule has 3 N–H and O–H groups in total. The van der Waals surface area contributed by atoms with E-state index in [1.54, 1.807) is 7.05 Å². The second kappa shape index (κ2) is 1.95. The summed E-state index contributed by atoms with van der Waals surface area (Å²) in [7, 11) is 1.78. The molecule has 0 aliphatic carbocycles. The number of aromatic nitrogens is 2. The van der Waals surface area contributed by atoms with Gasteiger partial charge in [0.2, 0.25) is 11.1 Å². The van der Waals surface area contributed by atoms with Gasteiger partial charge in [0.25, 0.3) is 0 Å². The maximum absolute atomic E-state index is 5.20. The summed E-state index contributed by atoms with van der Waals surface area (Å²) < 4.78 is 3.73. The van der Waals surface area contributed by atoms with E-state index in [1.807, 2.05) is 0 Å². The summed E-state index contributed by atoms with van der Waals surface area (Å²) in [6.45, 7) is 0. The molecular weight excluding hydrogens is 124 g/mol. The number of nitrogens with one attached hydrogen (secondary N) is 1. The molecule has 0 aliphatic rings. The quantitative estimate of drug-likeness (QED) is 0.568. The fraction of sp³-hybridized carbons (Fsp3) is 0.333. The third kappa shape index (κ3) is 0.865. The Bertz CT molecular complexity index is 172. The summed E-state index contributed by atoms with van der Waals surface area (Å²) >= 11 is 1.25. The minimum absolute atomic E-state index is 0.333. The van der Waals surface area contributed by atoms with Crippen LogP contribution in [-0.2, 0) is 0 Å². The van der Waals surface area contributed by atoms with Gasteiger partial charge in [0.05, 0.1) is 0 Å². The monoisotopic (exact) mass is 130 g/mol. The molecule has 4 nitrogen and oxygen atoms in total. The Hall–Kier alpha value is -0.840. The molecule has 8 heavy (non-hydrogen) atoms. The smallest absolute Gasteiger partial charge is 0.233 e. The first-order valence-corrected chi connectivity index (χ1v) is 2.87. The third-order valence-electron chi connectivity index (χ3n) is 0.656. The topological polar surface area (TPSA) is 63.8 Å². The lowest BCUT2D eigenvalue weighted by Crippen LogP contribution is -1.88. The van der Waals surface area contributed by atoms with Crippen molar-refractivity contribution >= 4 is 22.6 Å². The van der Waals surface area contributed by atoms with Crippen molar-refractivity contribution in [3.63, 3.8) is 0 Å². The molecule has 0 amide bonds. The zero-order valence-corrected chi connectivity index (χ0v) is 5.20. The molecule has 0 atom stereocenters. The number of nitrogens with zero attached hydrogens (tertiary/aromatic N) is 2. The lowest BCUT2D eigenvalue weighted by molar-refractivity contribution is 1.32. The lowest BCUT2D eigenvalue weighted by atomic mass is 11.0. The molecule has 0 spiro atoms. The van der Waals surface area contributed by atoms with Crippen LogP contribution in [0.1, 0.15) is 0 Å². The number of nitrogen functional groups attached to an aromatic ring is 1. The average molecular weight is 130 g/mol. The molecule has 1 aromatic rings. The zero-order chi connectivity index (χ0) is 5.98. The Morgan fingerprint density at radius 3 is 2.75 bits per heavy atom. The normalized spacial score (nSPS) is 9.12. The molecule has 0 bridgehead atoms. The molecule has 5 heteroatoms. The summed E-state index contributed by atoms with van der Waals surface area (Å²) in [5.74, 6) is 0.333. The molecule has 1 heterocycles. The van der Waals surface area contributed by atoms with Crippen molar-refractivity contribution in [2.75, 3.05) is 18.1 Å². The van der Waals surface area contributed by atoms with Crippen LogP contribution in [0.2, 0.25) is 0 Å². The second-order valence-corrected chi connectivity index (χ2v) is 1.96. The lowest BCUT2D eigenvalue weighted by Gasteiger charge is -1.83. The van der Waals surface area contributed by atoms with E-state index in [0.29, 0.717) is 5.95 Å². The van der Waals surface area contributed by atoms with Crippen LogP contribution in [0.5, 0.6) is 0 Å². The molecule has 0 radical (unpaired) electrons. The van der Waals surface area contributed by atoms with Crippen molar-refractivity contribution in [2.45, 2.75) is 0 Å². The van der Waals surface area contributed by atoms with E-state index < -0.39 is 0 Å². The van der Waals surface area contributed by atoms with Gasteiger partial charge in [0, 0.05) is 18.6 Å². The highest BCUT2D eigenvalue weighted by Gasteiger charge is 1.93. The van der Waals surface area contributed by atoms with E-state index in [2.05, 4.69) is 14.7 Å². The summed E-state index contributed by atoms with van der Waals surface area (Å²) in [6, 6.07) is 0. The largest absolute Gasteiger partial charge is 0.367 e. The van der Waals surface area contributed by atoms with Crippen molar-refractivity contribution in [2.24, 2.45) is 0 Å². The molecule has 0 aromatic carbocycles. The first-order valence-electron chi connectivity index (χ1n) is 2.10. The van der Waals surface area contributed by atoms with Crippen LogP contribution in [0, 0.1) is 0 Å².